The molecule has 1 heterocycles. The Labute approximate surface area is 74.2 Å². The molecule has 1 saturated heterocycles. The first-order chi connectivity index (χ1) is 5.60. The van der Waals surface area contributed by atoms with Crippen molar-refractivity contribution in [2.24, 2.45) is 5.41 Å². The second kappa shape index (κ2) is 3.30. The second-order valence-corrected chi connectivity index (χ2v) is 3.88. The van der Waals surface area contributed by atoms with E-state index in [9.17, 15) is 4.79 Å². The molecular weight excluding hydrogens is 150 g/mol. The Morgan fingerprint density at radius 1 is 1.75 bits per heavy atom. The molecule has 12 heavy (non-hydrogen) atoms. The Balaban J connectivity index is 2.73. The summed E-state index contributed by atoms with van der Waals surface area (Å²) < 4.78 is 0. The molecule has 1 rings (SSSR count). The van der Waals surface area contributed by atoms with E-state index < -0.39 is 0 Å². The Kier molecular flexibility index (Phi) is 2.55. The van der Waals surface area contributed by atoms with Crippen molar-refractivity contribution in [2.75, 3.05) is 13.6 Å². The average Bonchev–Trinajstić information content (AvgIpc) is 2.01. The fraction of sp³-hybridized carbons (Fsp3) is 0.700. The van der Waals surface area contributed by atoms with Crippen molar-refractivity contribution in [3.63, 3.8) is 0 Å². The monoisotopic (exact) mass is 167 g/mol. The summed E-state index contributed by atoms with van der Waals surface area (Å²) in [6, 6.07) is 0. The van der Waals surface area contributed by atoms with E-state index >= 15 is 0 Å². The predicted molar refractivity (Wildman–Crippen MR) is 49.8 cm³/mol. The lowest BCUT2D eigenvalue weighted by Crippen LogP contribution is -2.44. The Bertz CT molecular complexity index is 200. The molecule has 68 valence electrons. The molecule has 1 atom stereocenters. The van der Waals surface area contributed by atoms with Crippen LogP contribution in [0.1, 0.15) is 26.2 Å². The molecule has 0 bridgehead atoms. The first-order valence-corrected chi connectivity index (χ1v) is 4.46. The van der Waals surface area contributed by atoms with Gasteiger partial charge >= 0.3 is 0 Å². The van der Waals surface area contributed by atoms with Crippen LogP contribution in [0.5, 0.6) is 0 Å². The van der Waals surface area contributed by atoms with Crippen LogP contribution in [-0.2, 0) is 4.79 Å². The molecule has 0 radical (unpaired) electrons. The van der Waals surface area contributed by atoms with Gasteiger partial charge in [0.15, 0.2) is 0 Å². The van der Waals surface area contributed by atoms with E-state index in [4.69, 9.17) is 0 Å². The molecule has 0 aromatic rings. The van der Waals surface area contributed by atoms with E-state index in [2.05, 4.69) is 6.58 Å². The number of amides is 1. The Morgan fingerprint density at radius 2 is 2.42 bits per heavy atom. The molecule has 0 aromatic carbocycles. The molecule has 0 unspecified atom stereocenters. The lowest BCUT2D eigenvalue weighted by Gasteiger charge is -2.36. The number of carbonyl (C=O) groups is 1. The van der Waals surface area contributed by atoms with E-state index in [-0.39, 0.29) is 11.3 Å². The molecule has 1 aliphatic heterocycles. The summed E-state index contributed by atoms with van der Waals surface area (Å²) in [7, 11) is 1.88. The van der Waals surface area contributed by atoms with Gasteiger partial charge in [-0.1, -0.05) is 13.0 Å². The third-order valence-electron chi connectivity index (χ3n) is 2.68. The van der Waals surface area contributed by atoms with Gasteiger partial charge in [-0.3, -0.25) is 4.79 Å². The minimum absolute atomic E-state index is 0.172. The number of carbonyl (C=O) groups excluding carboxylic acids is 1. The fourth-order valence-electron chi connectivity index (χ4n) is 1.88. The van der Waals surface area contributed by atoms with Crippen molar-refractivity contribution in [3.05, 3.63) is 12.7 Å². The van der Waals surface area contributed by atoms with Gasteiger partial charge in [0.25, 0.3) is 0 Å². The number of hydrogen-bond donors (Lipinski definition) is 0. The SMILES string of the molecule is C=CC[C@]1(C)CCCN(C)C1=O. The molecule has 1 aliphatic rings. The lowest BCUT2D eigenvalue weighted by molar-refractivity contribution is -0.143. The summed E-state index contributed by atoms with van der Waals surface area (Å²) in [5.74, 6) is 0.272. The molecule has 0 spiro atoms. The summed E-state index contributed by atoms with van der Waals surface area (Å²) >= 11 is 0. The lowest BCUT2D eigenvalue weighted by atomic mass is 9.78. The maximum absolute atomic E-state index is 11.7. The molecule has 0 aliphatic carbocycles. The number of hydrogen-bond acceptors (Lipinski definition) is 1. The van der Waals surface area contributed by atoms with Crippen molar-refractivity contribution >= 4 is 5.91 Å². The largest absolute Gasteiger partial charge is 0.345 e. The highest BCUT2D eigenvalue weighted by Crippen LogP contribution is 2.33. The number of likely N-dealkylation sites (tertiary alicyclic amines) is 1. The standard InChI is InChI=1S/C10H17NO/c1-4-6-10(2)7-5-8-11(3)9(10)12/h4H,1,5-8H2,2-3H3/t10-/m1/s1. The summed E-state index contributed by atoms with van der Waals surface area (Å²) in [5, 5.41) is 0. The Morgan fingerprint density at radius 3 is 3.00 bits per heavy atom. The highest BCUT2D eigenvalue weighted by atomic mass is 16.2. The summed E-state index contributed by atoms with van der Waals surface area (Å²) in [4.78, 5) is 13.5. The number of nitrogens with zero attached hydrogens (tertiary/aromatic N) is 1. The maximum Gasteiger partial charge on any atom is 0.228 e. The average molecular weight is 167 g/mol. The quantitative estimate of drug-likeness (QED) is 0.574. The van der Waals surface area contributed by atoms with Gasteiger partial charge in [0, 0.05) is 13.6 Å². The van der Waals surface area contributed by atoms with Gasteiger partial charge in [-0.05, 0) is 19.3 Å². The molecule has 2 heteroatoms. The zero-order valence-electron chi connectivity index (χ0n) is 7.97. The molecule has 1 fully saturated rings. The summed E-state index contributed by atoms with van der Waals surface area (Å²) in [5.41, 5.74) is -0.172. The Hall–Kier alpha value is -0.790. The first-order valence-electron chi connectivity index (χ1n) is 4.46. The van der Waals surface area contributed by atoms with Crippen molar-refractivity contribution < 1.29 is 4.79 Å². The highest BCUT2D eigenvalue weighted by molar-refractivity contribution is 5.82. The second-order valence-electron chi connectivity index (χ2n) is 3.88. The van der Waals surface area contributed by atoms with Crippen LogP contribution in [-0.4, -0.2) is 24.4 Å². The van der Waals surface area contributed by atoms with E-state index in [1.165, 1.54) is 0 Å². The molecule has 2 nitrogen and oxygen atoms in total. The minimum Gasteiger partial charge on any atom is -0.345 e. The smallest absolute Gasteiger partial charge is 0.228 e. The number of rotatable bonds is 2. The van der Waals surface area contributed by atoms with E-state index in [1.807, 2.05) is 24.9 Å². The van der Waals surface area contributed by atoms with Gasteiger partial charge < -0.3 is 4.90 Å². The van der Waals surface area contributed by atoms with Crippen LogP contribution in [0, 0.1) is 5.41 Å². The summed E-state index contributed by atoms with van der Waals surface area (Å²) in [6.45, 7) is 6.63. The van der Waals surface area contributed by atoms with Gasteiger partial charge in [-0.25, -0.2) is 0 Å². The van der Waals surface area contributed by atoms with E-state index in [0.717, 1.165) is 25.8 Å². The van der Waals surface area contributed by atoms with Crippen LogP contribution in [0.15, 0.2) is 12.7 Å². The maximum atomic E-state index is 11.7. The molecular formula is C10H17NO. The van der Waals surface area contributed by atoms with Crippen LogP contribution in [0.2, 0.25) is 0 Å². The normalized spacial score (nSPS) is 30.5. The summed E-state index contributed by atoms with van der Waals surface area (Å²) in [6.07, 6.45) is 4.77. The zero-order chi connectivity index (χ0) is 9.19. The van der Waals surface area contributed by atoms with Crippen LogP contribution < -0.4 is 0 Å². The minimum atomic E-state index is -0.172. The fourth-order valence-corrected chi connectivity index (χ4v) is 1.88. The van der Waals surface area contributed by atoms with Crippen molar-refractivity contribution in [1.29, 1.82) is 0 Å². The van der Waals surface area contributed by atoms with Crippen LogP contribution in [0.3, 0.4) is 0 Å². The molecule has 0 aromatic heterocycles. The van der Waals surface area contributed by atoms with Gasteiger partial charge in [-0.2, -0.15) is 0 Å². The van der Waals surface area contributed by atoms with Gasteiger partial charge in [-0.15, -0.1) is 6.58 Å². The predicted octanol–water partition coefficient (Wildman–Crippen LogP) is 1.82. The topological polar surface area (TPSA) is 20.3 Å². The highest BCUT2D eigenvalue weighted by Gasteiger charge is 2.36. The third kappa shape index (κ3) is 1.52. The van der Waals surface area contributed by atoms with Crippen molar-refractivity contribution in [3.8, 4) is 0 Å². The van der Waals surface area contributed by atoms with Crippen molar-refractivity contribution in [2.45, 2.75) is 26.2 Å². The van der Waals surface area contributed by atoms with Crippen molar-refractivity contribution in [1.82, 2.24) is 4.90 Å². The zero-order valence-corrected chi connectivity index (χ0v) is 7.97. The third-order valence-corrected chi connectivity index (χ3v) is 2.68. The molecule has 0 saturated carbocycles. The van der Waals surface area contributed by atoms with Crippen LogP contribution >= 0.6 is 0 Å². The van der Waals surface area contributed by atoms with Gasteiger partial charge in [0.05, 0.1) is 5.41 Å². The number of allylic oxidation sites excluding steroid dienone is 1. The van der Waals surface area contributed by atoms with E-state index in [1.54, 1.807) is 0 Å². The van der Waals surface area contributed by atoms with Gasteiger partial charge in [0.2, 0.25) is 5.91 Å². The van der Waals surface area contributed by atoms with Crippen LogP contribution in [0.25, 0.3) is 0 Å². The number of piperidine rings is 1. The first kappa shape index (κ1) is 9.30. The molecule has 0 N–H and O–H groups in total. The van der Waals surface area contributed by atoms with E-state index in [0.29, 0.717) is 0 Å². The molecule has 1 amide bonds. The van der Waals surface area contributed by atoms with Gasteiger partial charge in [0.1, 0.15) is 0 Å². The van der Waals surface area contributed by atoms with Crippen LogP contribution in [0.4, 0.5) is 0 Å².